The number of aromatic amines is 1. The maximum atomic E-state index is 11.7. The molecule has 0 aliphatic heterocycles. The quantitative estimate of drug-likeness (QED) is 0.205. The average molecular weight is 594 g/mol. The monoisotopic (exact) mass is 593 g/mol. The summed E-state index contributed by atoms with van der Waals surface area (Å²) in [6, 6.07) is 24.2. The van der Waals surface area contributed by atoms with Crippen LogP contribution >= 0.6 is 11.6 Å². The fourth-order valence-electron chi connectivity index (χ4n) is 5.28. The van der Waals surface area contributed by atoms with Crippen molar-refractivity contribution in [3.05, 3.63) is 122 Å². The van der Waals surface area contributed by atoms with Gasteiger partial charge in [0, 0.05) is 42.7 Å². The third-order valence-corrected chi connectivity index (χ3v) is 7.65. The Kier molecular flexibility index (Phi) is 8.45. The molecule has 1 aliphatic carbocycles. The average Bonchev–Trinajstić information content (AvgIpc) is 3.65. The van der Waals surface area contributed by atoms with Crippen molar-refractivity contribution in [2.24, 2.45) is 0 Å². The molecule has 0 fully saturated rings. The summed E-state index contributed by atoms with van der Waals surface area (Å²) in [4.78, 5) is 15.8. The van der Waals surface area contributed by atoms with Crippen molar-refractivity contribution in [1.82, 2.24) is 30.5 Å². The number of H-pyrrole nitrogens is 1. The van der Waals surface area contributed by atoms with Gasteiger partial charge in [-0.25, -0.2) is 9.89 Å². The molecule has 0 spiro atoms. The van der Waals surface area contributed by atoms with Gasteiger partial charge in [-0.15, -0.1) is 0 Å². The summed E-state index contributed by atoms with van der Waals surface area (Å²) in [5.74, 6) is 1.12. The van der Waals surface area contributed by atoms with E-state index in [9.17, 15) is 10.1 Å². The molecule has 2 aromatic heterocycles. The number of pyridine rings is 1. The predicted octanol–water partition coefficient (Wildman–Crippen LogP) is 4.99. The van der Waals surface area contributed by atoms with E-state index in [4.69, 9.17) is 21.1 Å². The molecule has 0 saturated heterocycles. The van der Waals surface area contributed by atoms with Crippen molar-refractivity contribution in [1.29, 1.82) is 5.26 Å². The molecule has 10 nitrogen and oxygen atoms in total. The molecule has 6 rings (SSSR count). The Labute approximate surface area is 252 Å². The highest BCUT2D eigenvalue weighted by Crippen LogP contribution is 2.42. The number of nitrogens with one attached hydrogen (secondary N) is 2. The van der Waals surface area contributed by atoms with Crippen LogP contribution in [0.5, 0.6) is 11.5 Å². The molecule has 0 bridgehead atoms. The van der Waals surface area contributed by atoms with Crippen molar-refractivity contribution in [3.8, 4) is 28.7 Å². The smallest absolute Gasteiger partial charge is 0.361 e. The van der Waals surface area contributed by atoms with Crippen molar-refractivity contribution in [2.45, 2.75) is 38.6 Å². The molecule has 11 heteroatoms. The summed E-state index contributed by atoms with van der Waals surface area (Å²) in [7, 11) is 0. The highest BCUT2D eigenvalue weighted by atomic mass is 35.5. The molecular formula is C32H28ClN7O3. The van der Waals surface area contributed by atoms with Gasteiger partial charge in [0.2, 0.25) is 0 Å². The number of halogens is 1. The van der Waals surface area contributed by atoms with Crippen molar-refractivity contribution < 1.29 is 9.47 Å². The molecule has 43 heavy (non-hydrogen) atoms. The van der Waals surface area contributed by atoms with Crippen LogP contribution in [0.15, 0.2) is 83.9 Å². The normalized spacial score (nSPS) is 13.8. The molecule has 2 heterocycles. The lowest BCUT2D eigenvalue weighted by Crippen LogP contribution is -2.26. The van der Waals surface area contributed by atoms with E-state index in [1.807, 2.05) is 18.2 Å². The third kappa shape index (κ3) is 6.43. The standard InChI is InChI=1S/C32H28ClN7O3/c33-28-14-24(19-35-11-12-40-32(41)37-38-39-40)30(42-20-22-13-21(16-34)17-36-18-22)15-31(28)43-29-10-9-26-25(7-4-8-27(26)29)23-5-2-1-3-6-23/h1-8,13-15,17-18,29,35H,9-12,19-20H2,(H,37,39,41)/t29-/m0/s1. The molecular weight excluding hydrogens is 566 g/mol. The minimum absolute atomic E-state index is 0.148. The van der Waals surface area contributed by atoms with Gasteiger partial charge < -0.3 is 14.8 Å². The van der Waals surface area contributed by atoms with Crippen molar-refractivity contribution in [2.75, 3.05) is 6.54 Å². The van der Waals surface area contributed by atoms with E-state index in [1.54, 1.807) is 12.3 Å². The van der Waals surface area contributed by atoms with Crippen molar-refractivity contribution >= 4 is 11.6 Å². The van der Waals surface area contributed by atoms with Crippen LogP contribution in [0.4, 0.5) is 0 Å². The highest BCUT2D eigenvalue weighted by molar-refractivity contribution is 6.32. The van der Waals surface area contributed by atoms with Crippen LogP contribution in [-0.2, 0) is 26.1 Å². The predicted molar refractivity (Wildman–Crippen MR) is 161 cm³/mol. The third-order valence-electron chi connectivity index (χ3n) is 7.35. The van der Waals surface area contributed by atoms with Crippen LogP contribution in [0.25, 0.3) is 11.1 Å². The number of aromatic nitrogens is 5. The van der Waals surface area contributed by atoms with Gasteiger partial charge in [0.05, 0.1) is 17.1 Å². The van der Waals surface area contributed by atoms with E-state index >= 15 is 0 Å². The Balaban J connectivity index is 1.23. The van der Waals surface area contributed by atoms with E-state index in [-0.39, 0.29) is 18.4 Å². The molecule has 1 atom stereocenters. The molecule has 5 aromatic rings. The number of nitrogens with zero attached hydrogens (tertiary/aromatic N) is 5. The number of hydrogen-bond acceptors (Lipinski definition) is 8. The zero-order chi connectivity index (χ0) is 29.6. The van der Waals surface area contributed by atoms with Gasteiger partial charge in [-0.1, -0.05) is 60.1 Å². The van der Waals surface area contributed by atoms with Gasteiger partial charge in [0.15, 0.2) is 0 Å². The first-order chi connectivity index (χ1) is 21.1. The summed E-state index contributed by atoms with van der Waals surface area (Å²) in [6.45, 7) is 1.44. The second kappa shape index (κ2) is 12.9. The van der Waals surface area contributed by atoms with Crippen LogP contribution in [0.2, 0.25) is 5.02 Å². The first-order valence-corrected chi connectivity index (χ1v) is 14.3. The van der Waals surface area contributed by atoms with E-state index in [2.05, 4.69) is 74.4 Å². The zero-order valence-corrected chi connectivity index (χ0v) is 23.9. The number of benzene rings is 3. The summed E-state index contributed by atoms with van der Waals surface area (Å²) in [6.07, 6.45) is 4.77. The number of fused-ring (bicyclic) bond motifs is 1. The largest absolute Gasteiger partial charge is 0.488 e. The highest BCUT2D eigenvalue weighted by Gasteiger charge is 2.27. The molecule has 1 aliphatic rings. The Morgan fingerprint density at radius 3 is 2.79 bits per heavy atom. The molecule has 0 amide bonds. The lowest BCUT2D eigenvalue weighted by atomic mass is 9.97. The number of hydrogen-bond donors (Lipinski definition) is 2. The van der Waals surface area contributed by atoms with E-state index in [1.165, 1.54) is 27.6 Å². The number of ether oxygens (including phenoxy) is 2. The Morgan fingerprint density at radius 2 is 1.98 bits per heavy atom. The van der Waals surface area contributed by atoms with Crippen LogP contribution < -0.4 is 20.5 Å². The summed E-state index contributed by atoms with van der Waals surface area (Å²) in [5.41, 5.74) is 6.53. The van der Waals surface area contributed by atoms with E-state index in [0.717, 1.165) is 29.5 Å². The van der Waals surface area contributed by atoms with Crippen LogP contribution in [0.1, 0.15) is 40.3 Å². The number of rotatable bonds is 11. The van der Waals surface area contributed by atoms with E-state index in [0.29, 0.717) is 41.7 Å². The Hall–Kier alpha value is -4.98. The first-order valence-electron chi connectivity index (χ1n) is 13.9. The molecule has 3 aromatic carbocycles. The first kappa shape index (κ1) is 28.2. The zero-order valence-electron chi connectivity index (χ0n) is 23.2. The minimum atomic E-state index is -0.368. The van der Waals surface area contributed by atoms with Gasteiger partial charge in [-0.3, -0.25) is 4.98 Å². The van der Waals surface area contributed by atoms with Crippen LogP contribution in [0, 0.1) is 11.3 Å². The molecule has 0 radical (unpaired) electrons. The lowest BCUT2D eigenvalue weighted by molar-refractivity contribution is 0.206. The van der Waals surface area contributed by atoms with E-state index < -0.39 is 0 Å². The van der Waals surface area contributed by atoms with Gasteiger partial charge in [0.1, 0.15) is 30.3 Å². The second-order valence-corrected chi connectivity index (χ2v) is 10.6. The second-order valence-electron chi connectivity index (χ2n) is 10.2. The summed E-state index contributed by atoms with van der Waals surface area (Å²) < 4.78 is 14.0. The maximum absolute atomic E-state index is 11.7. The maximum Gasteiger partial charge on any atom is 0.361 e. The van der Waals surface area contributed by atoms with Gasteiger partial charge in [-0.05, 0) is 57.7 Å². The van der Waals surface area contributed by atoms with Gasteiger partial charge in [-0.2, -0.15) is 9.94 Å². The molecule has 0 unspecified atom stereocenters. The summed E-state index contributed by atoms with van der Waals surface area (Å²) in [5, 5.41) is 22.5. The molecule has 2 N–H and O–H groups in total. The fraction of sp³-hybridized carbons (Fsp3) is 0.219. The summed E-state index contributed by atoms with van der Waals surface area (Å²) >= 11 is 6.78. The van der Waals surface area contributed by atoms with Crippen molar-refractivity contribution in [3.63, 3.8) is 0 Å². The number of nitriles is 1. The van der Waals surface area contributed by atoms with Crippen LogP contribution in [-0.4, -0.2) is 31.7 Å². The minimum Gasteiger partial charge on any atom is -0.488 e. The Bertz CT molecular complexity index is 1830. The lowest BCUT2D eigenvalue weighted by Gasteiger charge is -2.20. The van der Waals surface area contributed by atoms with Gasteiger partial charge >= 0.3 is 5.69 Å². The number of tetrazole rings is 1. The molecule has 0 saturated carbocycles. The SMILES string of the molecule is N#Cc1cncc(COc2cc(O[C@H]3CCc4c(-c5ccccc5)cccc43)c(Cl)cc2CNCCn2nn[nH]c2=O)c1. The fourth-order valence-corrected chi connectivity index (χ4v) is 5.51. The molecule has 216 valence electrons. The topological polar surface area (TPSA) is 131 Å². The van der Waals surface area contributed by atoms with Crippen LogP contribution in [0.3, 0.4) is 0 Å². The van der Waals surface area contributed by atoms with Gasteiger partial charge in [0.25, 0.3) is 0 Å². The Morgan fingerprint density at radius 1 is 1.09 bits per heavy atom.